The summed E-state index contributed by atoms with van der Waals surface area (Å²) in [6.45, 7) is 4.62. The van der Waals surface area contributed by atoms with Crippen LogP contribution < -0.4 is 10.1 Å². The van der Waals surface area contributed by atoms with Crippen LogP contribution in [0.2, 0.25) is 0 Å². The van der Waals surface area contributed by atoms with Crippen LogP contribution in [0, 0.1) is 11.8 Å². The van der Waals surface area contributed by atoms with Crippen molar-refractivity contribution in [2.75, 3.05) is 5.32 Å². The van der Waals surface area contributed by atoms with Gasteiger partial charge >= 0.3 is 0 Å². The number of fused-ring (bicyclic) bond motifs is 2. The molecule has 10 rings (SSSR count). The van der Waals surface area contributed by atoms with E-state index in [4.69, 9.17) is 14.7 Å². The first-order valence-electron chi connectivity index (χ1n) is 20.2. The number of para-hydroxylation sites is 2. The molecule has 2 aliphatic rings. The van der Waals surface area contributed by atoms with Gasteiger partial charge in [0.15, 0.2) is 12.1 Å². The van der Waals surface area contributed by atoms with Gasteiger partial charge in [-0.2, -0.15) is 0 Å². The minimum atomic E-state index is -0.203. The van der Waals surface area contributed by atoms with Crippen LogP contribution in [0.1, 0.15) is 48.4 Å². The highest BCUT2D eigenvalue weighted by Crippen LogP contribution is 2.41. The van der Waals surface area contributed by atoms with E-state index in [1.165, 1.54) is 38.6 Å². The molecule has 1 N–H and O–H groups in total. The highest BCUT2D eigenvalue weighted by molar-refractivity contribution is 6.14. The fourth-order valence-electron chi connectivity index (χ4n) is 8.59. The summed E-state index contributed by atoms with van der Waals surface area (Å²) in [4.78, 5) is 11.0. The van der Waals surface area contributed by atoms with Crippen molar-refractivity contribution in [2.24, 2.45) is 21.8 Å². The minimum absolute atomic E-state index is 0.0683. The van der Waals surface area contributed by atoms with Crippen LogP contribution in [-0.4, -0.2) is 11.5 Å². The van der Waals surface area contributed by atoms with Gasteiger partial charge in [-0.05, 0) is 79.4 Å². The van der Waals surface area contributed by atoms with Gasteiger partial charge in [0.05, 0.1) is 17.4 Å². The first-order valence-corrected chi connectivity index (χ1v) is 20.2. The van der Waals surface area contributed by atoms with Gasteiger partial charge in [-0.15, -0.1) is 0 Å². The van der Waals surface area contributed by atoms with E-state index < -0.39 is 0 Å². The Labute approximate surface area is 340 Å². The number of ether oxygens (including phenoxy) is 1. The van der Waals surface area contributed by atoms with E-state index in [2.05, 4.69) is 195 Å². The maximum atomic E-state index is 6.19. The molecule has 2 aliphatic heterocycles. The summed E-state index contributed by atoms with van der Waals surface area (Å²) in [5, 5.41) is 5.90. The first-order chi connectivity index (χ1) is 28.6. The molecule has 4 heteroatoms. The van der Waals surface area contributed by atoms with Crippen molar-refractivity contribution in [3.8, 4) is 39.1 Å². The van der Waals surface area contributed by atoms with Crippen LogP contribution in [0.3, 0.4) is 0 Å². The molecule has 0 bridgehead atoms. The molecule has 2 heterocycles. The molecule has 0 radical (unpaired) electrons. The summed E-state index contributed by atoms with van der Waals surface area (Å²) in [6, 6.07) is 68.9. The summed E-state index contributed by atoms with van der Waals surface area (Å²) in [7, 11) is 0. The molecule has 0 spiro atoms. The van der Waals surface area contributed by atoms with Crippen molar-refractivity contribution in [3.05, 3.63) is 216 Å². The van der Waals surface area contributed by atoms with Crippen LogP contribution in [0.5, 0.6) is 5.75 Å². The Hall–Kier alpha value is -7.04. The second kappa shape index (κ2) is 15.1. The topological polar surface area (TPSA) is 46.0 Å². The smallest absolute Gasteiger partial charge is 0.196 e. The Morgan fingerprint density at radius 1 is 0.466 bits per heavy atom. The lowest BCUT2D eigenvalue weighted by Gasteiger charge is -2.26. The quantitative estimate of drug-likeness (QED) is 0.176. The van der Waals surface area contributed by atoms with Gasteiger partial charge in [0.25, 0.3) is 0 Å². The van der Waals surface area contributed by atoms with Crippen LogP contribution in [0.25, 0.3) is 44.2 Å². The normalized spacial score (nSPS) is 18.7. The van der Waals surface area contributed by atoms with Gasteiger partial charge in [0.1, 0.15) is 5.75 Å². The summed E-state index contributed by atoms with van der Waals surface area (Å²) < 4.78 is 6.19. The maximum absolute atomic E-state index is 6.19. The first kappa shape index (κ1) is 35.4. The lowest BCUT2D eigenvalue weighted by atomic mass is 9.81. The predicted octanol–water partition coefficient (Wildman–Crippen LogP) is 13.6. The second-order valence-corrected chi connectivity index (χ2v) is 15.4. The number of rotatable bonds is 7. The van der Waals surface area contributed by atoms with Crippen molar-refractivity contribution < 1.29 is 4.74 Å². The third kappa shape index (κ3) is 6.67. The van der Waals surface area contributed by atoms with Crippen molar-refractivity contribution in [1.82, 2.24) is 0 Å². The summed E-state index contributed by atoms with van der Waals surface area (Å²) >= 11 is 0. The molecule has 0 saturated carbocycles. The van der Waals surface area contributed by atoms with E-state index in [1.54, 1.807) is 0 Å². The van der Waals surface area contributed by atoms with E-state index in [0.717, 1.165) is 50.8 Å². The molecule has 4 atom stereocenters. The number of hydrogen-bond donors (Lipinski definition) is 1. The Balaban J connectivity index is 1.01. The number of aliphatic imine (C=N–C) groups is 2. The molecule has 58 heavy (non-hydrogen) atoms. The molecule has 8 aromatic carbocycles. The van der Waals surface area contributed by atoms with Crippen LogP contribution >= 0.6 is 0 Å². The van der Waals surface area contributed by atoms with Gasteiger partial charge < -0.3 is 10.1 Å². The average molecular weight is 750 g/mol. The third-order valence-corrected chi connectivity index (χ3v) is 11.9. The predicted molar refractivity (Wildman–Crippen MR) is 241 cm³/mol. The summed E-state index contributed by atoms with van der Waals surface area (Å²) in [5.74, 6) is 2.04. The number of hydrogen-bond acceptors (Lipinski definition) is 4. The van der Waals surface area contributed by atoms with Gasteiger partial charge in [-0.25, -0.2) is 4.99 Å². The monoisotopic (exact) mass is 749 g/mol. The number of nitrogens with zero attached hydrogens (tertiary/aromatic N) is 2. The number of nitrogens with one attached hydrogen (secondary N) is 1. The zero-order valence-electron chi connectivity index (χ0n) is 32.6. The molecule has 8 aromatic rings. The van der Waals surface area contributed by atoms with Crippen molar-refractivity contribution in [1.29, 1.82) is 0 Å². The van der Waals surface area contributed by atoms with Gasteiger partial charge in [-0.3, -0.25) is 4.99 Å². The molecule has 3 unspecified atom stereocenters. The maximum Gasteiger partial charge on any atom is 0.196 e. The highest BCUT2D eigenvalue weighted by Gasteiger charge is 2.32. The zero-order valence-corrected chi connectivity index (χ0v) is 32.6. The van der Waals surface area contributed by atoms with Gasteiger partial charge in [0, 0.05) is 17.0 Å². The molecule has 0 aliphatic carbocycles. The Kier molecular flexibility index (Phi) is 9.23. The number of amidine groups is 1. The minimum Gasteiger partial charge on any atom is -0.464 e. The zero-order chi connectivity index (χ0) is 39.0. The number of benzene rings is 8. The Morgan fingerprint density at radius 2 is 1.02 bits per heavy atom. The molecular formula is C54H43N3O. The Bertz CT molecular complexity index is 2780. The third-order valence-electron chi connectivity index (χ3n) is 11.9. The largest absolute Gasteiger partial charge is 0.464 e. The second-order valence-electron chi connectivity index (χ2n) is 15.4. The number of anilines is 1. The fraction of sp³-hybridized carbons (Fsp3) is 0.111. The van der Waals surface area contributed by atoms with Crippen LogP contribution in [-0.2, 0) is 0 Å². The van der Waals surface area contributed by atoms with E-state index in [-0.39, 0.29) is 24.1 Å². The van der Waals surface area contributed by atoms with Gasteiger partial charge in [-0.1, -0.05) is 190 Å². The van der Waals surface area contributed by atoms with E-state index in [0.29, 0.717) is 0 Å². The van der Waals surface area contributed by atoms with E-state index in [9.17, 15) is 0 Å². The molecule has 0 saturated heterocycles. The van der Waals surface area contributed by atoms with Crippen LogP contribution in [0.15, 0.2) is 204 Å². The molecule has 0 fully saturated rings. The molecule has 0 aromatic heterocycles. The molecular weight excluding hydrogens is 707 g/mol. The van der Waals surface area contributed by atoms with Crippen molar-refractivity contribution in [3.63, 3.8) is 0 Å². The Morgan fingerprint density at radius 3 is 1.72 bits per heavy atom. The standard InChI is InChI=1S/C54H43N3O/c1-35-36(2)52(41-30-26-38(27-31-41)37-14-5-3-6-15-37)57-53(56-51(35)40-16-7-4-8-17-40)44-19-11-18-43(34-44)46-21-13-22-47-45(20-12-23-48(46)47)39-28-32-42(33-29-39)54-55-49-24-9-10-25-50(49)58-54/h3-36,52,54-55H,1-2H3/t35-,36?,52?,54?/m1/s1. The van der Waals surface area contributed by atoms with Crippen molar-refractivity contribution >= 4 is 28.0 Å². The summed E-state index contributed by atoms with van der Waals surface area (Å²) in [5.41, 5.74) is 13.6. The molecule has 4 nitrogen and oxygen atoms in total. The summed E-state index contributed by atoms with van der Waals surface area (Å²) in [6.07, 6.45) is -0.203. The lowest BCUT2D eigenvalue weighted by Crippen LogP contribution is -2.23. The molecule has 280 valence electrons. The lowest BCUT2D eigenvalue weighted by molar-refractivity contribution is 0.260. The highest BCUT2D eigenvalue weighted by atomic mass is 16.5. The fourth-order valence-corrected chi connectivity index (χ4v) is 8.59. The van der Waals surface area contributed by atoms with Crippen LogP contribution in [0.4, 0.5) is 5.69 Å². The SMILES string of the molecule is CC1C(c2ccc(-c3ccccc3)cc2)N=C(c2cccc(-c3cccc4c(-c5ccc(C6Nc7ccccc7O6)cc5)cccc34)c2)N=C(c2ccccc2)[C@@H]1C. The molecule has 0 amide bonds. The van der Waals surface area contributed by atoms with Gasteiger partial charge in [0.2, 0.25) is 0 Å². The van der Waals surface area contributed by atoms with E-state index in [1.807, 2.05) is 18.2 Å². The van der Waals surface area contributed by atoms with E-state index >= 15 is 0 Å². The van der Waals surface area contributed by atoms with Crippen molar-refractivity contribution in [2.45, 2.75) is 26.1 Å². The average Bonchev–Trinajstić information content (AvgIpc) is 3.68.